The average molecular weight is 400 g/mol. The lowest BCUT2D eigenvalue weighted by Crippen LogP contribution is -2.23. The molecule has 0 aliphatic heterocycles. The number of rotatable bonds is 7. The minimum atomic E-state index is -0.486. The van der Waals surface area contributed by atoms with Gasteiger partial charge in [-0.3, -0.25) is 4.79 Å². The van der Waals surface area contributed by atoms with E-state index in [1.54, 1.807) is 26.2 Å². The second-order valence-corrected chi connectivity index (χ2v) is 7.29. The Hall–Kier alpha value is -2.87. The number of benzene rings is 2. The highest BCUT2D eigenvalue weighted by Gasteiger charge is 2.22. The molecule has 1 N–H and O–H groups in total. The molecule has 0 spiro atoms. The highest BCUT2D eigenvalue weighted by Crippen LogP contribution is 2.32. The molecular formula is C20H21FN4O2S. The van der Waals surface area contributed by atoms with Gasteiger partial charge in [0.25, 0.3) is 0 Å². The Balaban J connectivity index is 1.80. The van der Waals surface area contributed by atoms with Crippen molar-refractivity contribution in [2.45, 2.75) is 30.8 Å². The fourth-order valence-corrected chi connectivity index (χ4v) is 3.61. The van der Waals surface area contributed by atoms with Gasteiger partial charge >= 0.3 is 0 Å². The number of hydrogen-bond acceptors (Lipinski definition) is 5. The number of aromatic nitrogens is 3. The zero-order valence-electron chi connectivity index (χ0n) is 15.8. The molecule has 28 heavy (non-hydrogen) atoms. The largest absolute Gasteiger partial charge is 0.496 e. The van der Waals surface area contributed by atoms with Crippen molar-refractivity contribution in [3.8, 4) is 17.1 Å². The Morgan fingerprint density at radius 1 is 1.21 bits per heavy atom. The van der Waals surface area contributed by atoms with Crippen molar-refractivity contribution >= 4 is 23.4 Å². The summed E-state index contributed by atoms with van der Waals surface area (Å²) in [5.41, 5.74) is 0.987. The molecule has 1 atom stereocenters. The van der Waals surface area contributed by atoms with Crippen molar-refractivity contribution in [2.24, 2.45) is 0 Å². The molecule has 0 bridgehead atoms. The van der Waals surface area contributed by atoms with E-state index in [1.165, 1.54) is 23.9 Å². The van der Waals surface area contributed by atoms with Gasteiger partial charge in [-0.2, -0.15) is 0 Å². The SMILES string of the molecule is CCn1c(S[C@H](C)C(=O)Nc2ccccc2F)nnc1-c1ccccc1OC. The molecule has 1 heterocycles. The van der Waals surface area contributed by atoms with Crippen LogP contribution in [0.3, 0.4) is 0 Å². The fourth-order valence-electron chi connectivity index (χ4n) is 2.70. The molecule has 1 amide bonds. The molecule has 0 unspecified atom stereocenters. The summed E-state index contributed by atoms with van der Waals surface area (Å²) in [5, 5.41) is 11.3. The second-order valence-electron chi connectivity index (χ2n) is 5.98. The summed E-state index contributed by atoms with van der Waals surface area (Å²) in [6.45, 7) is 4.36. The molecule has 0 radical (unpaired) electrons. The van der Waals surface area contributed by atoms with Crippen LogP contribution in [0.1, 0.15) is 13.8 Å². The molecule has 0 saturated heterocycles. The van der Waals surface area contributed by atoms with Gasteiger partial charge in [-0.1, -0.05) is 36.0 Å². The summed E-state index contributed by atoms with van der Waals surface area (Å²) >= 11 is 1.27. The second kappa shape index (κ2) is 8.88. The molecule has 3 aromatic rings. The van der Waals surface area contributed by atoms with Gasteiger partial charge in [0.05, 0.1) is 23.6 Å². The third-order valence-electron chi connectivity index (χ3n) is 4.16. The summed E-state index contributed by atoms with van der Waals surface area (Å²) < 4.78 is 21.1. The van der Waals surface area contributed by atoms with E-state index < -0.39 is 11.1 Å². The fraction of sp³-hybridized carbons (Fsp3) is 0.250. The van der Waals surface area contributed by atoms with Crippen LogP contribution in [0.15, 0.2) is 53.7 Å². The monoisotopic (exact) mass is 400 g/mol. The summed E-state index contributed by atoms with van der Waals surface area (Å²) in [6, 6.07) is 13.7. The number of methoxy groups -OCH3 is 1. The van der Waals surface area contributed by atoms with E-state index in [0.717, 1.165) is 5.56 Å². The first-order valence-electron chi connectivity index (χ1n) is 8.83. The minimum absolute atomic E-state index is 0.159. The number of thioether (sulfide) groups is 1. The minimum Gasteiger partial charge on any atom is -0.496 e. The lowest BCUT2D eigenvalue weighted by Gasteiger charge is -2.13. The number of halogens is 1. The lowest BCUT2D eigenvalue weighted by molar-refractivity contribution is -0.115. The van der Waals surface area contributed by atoms with Gasteiger partial charge in [0, 0.05) is 6.54 Å². The number of ether oxygens (including phenoxy) is 1. The average Bonchev–Trinajstić information content (AvgIpc) is 3.11. The van der Waals surface area contributed by atoms with E-state index in [0.29, 0.717) is 23.3 Å². The highest BCUT2D eigenvalue weighted by atomic mass is 32.2. The standard InChI is InChI=1S/C20H21FN4O2S/c1-4-25-18(14-9-5-8-12-17(14)27-3)23-24-20(25)28-13(2)19(26)22-16-11-7-6-10-15(16)21/h5-13H,4H2,1-3H3,(H,22,26)/t13-/m1/s1. The van der Waals surface area contributed by atoms with Crippen LogP contribution in [0.2, 0.25) is 0 Å². The van der Waals surface area contributed by atoms with E-state index in [2.05, 4.69) is 15.5 Å². The van der Waals surface area contributed by atoms with Crippen molar-refractivity contribution in [3.63, 3.8) is 0 Å². The van der Waals surface area contributed by atoms with E-state index in [1.807, 2.05) is 35.8 Å². The summed E-state index contributed by atoms with van der Waals surface area (Å²) in [5.74, 6) is 0.596. The zero-order valence-corrected chi connectivity index (χ0v) is 16.7. The summed E-state index contributed by atoms with van der Waals surface area (Å²) in [7, 11) is 1.61. The maximum Gasteiger partial charge on any atom is 0.237 e. The number of nitrogens with zero attached hydrogens (tertiary/aromatic N) is 3. The molecule has 0 saturated carbocycles. The van der Waals surface area contributed by atoms with Crippen molar-refractivity contribution in [3.05, 3.63) is 54.3 Å². The van der Waals surface area contributed by atoms with E-state index in [9.17, 15) is 9.18 Å². The smallest absolute Gasteiger partial charge is 0.237 e. The molecule has 6 nitrogen and oxygen atoms in total. The van der Waals surface area contributed by atoms with E-state index in [-0.39, 0.29) is 11.6 Å². The quantitative estimate of drug-likeness (QED) is 0.601. The predicted octanol–water partition coefficient (Wildman–Crippen LogP) is 4.23. The number of para-hydroxylation sites is 2. The Morgan fingerprint density at radius 3 is 2.64 bits per heavy atom. The van der Waals surface area contributed by atoms with Crippen molar-refractivity contribution in [1.82, 2.24) is 14.8 Å². The lowest BCUT2D eigenvalue weighted by atomic mass is 10.2. The third kappa shape index (κ3) is 4.17. The highest BCUT2D eigenvalue weighted by molar-refractivity contribution is 8.00. The number of nitrogens with one attached hydrogen (secondary N) is 1. The number of anilines is 1. The molecule has 146 valence electrons. The zero-order chi connectivity index (χ0) is 20.1. The normalized spacial score (nSPS) is 11.9. The molecule has 8 heteroatoms. The molecule has 0 aliphatic carbocycles. The van der Waals surface area contributed by atoms with Crippen LogP contribution >= 0.6 is 11.8 Å². The van der Waals surface area contributed by atoms with Crippen LogP contribution in [-0.4, -0.2) is 33.0 Å². The van der Waals surface area contributed by atoms with Gasteiger partial charge in [0.15, 0.2) is 11.0 Å². The molecule has 0 fully saturated rings. The van der Waals surface area contributed by atoms with Crippen molar-refractivity contribution < 1.29 is 13.9 Å². The number of carbonyl (C=O) groups is 1. The first-order chi connectivity index (χ1) is 13.5. The van der Waals surface area contributed by atoms with Crippen LogP contribution in [0, 0.1) is 5.82 Å². The maximum absolute atomic E-state index is 13.8. The maximum atomic E-state index is 13.8. The van der Waals surface area contributed by atoms with E-state index in [4.69, 9.17) is 4.74 Å². The van der Waals surface area contributed by atoms with Crippen LogP contribution in [-0.2, 0) is 11.3 Å². The van der Waals surface area contributed by atoms with Crippen molar-refractivity contribution in [1.29, 1.82) is 0 Å². The molecular weight excluding hydrogens is 379 g/mol. The van der Waals surface area contributed by atoms with E-state index >= 15 is 0 Å². The first-order valence-corrected chi connectivity index (χ1v) is 9.71. The Kier molecular flexibility index (Phi) is 6.30. The Labute approximate surface area is 167 Å². The Morgan fingerprint density at radius 2 is 1.93 bits per heavy atom. The van der Waals surface area contributed by atoms with Crippen LogP contribution in [0.5, 0.6) is 5.75 Å². The van der Waals surface area contributed by atoms with Crippen LogP contribution < -0.4 is 10.1 Å². The molecule has 0 aliphatic rings. The van der Waals surface area contributed by atoms with Gasteiger partial charge in [0.1, 0.15) is 11.6 Å². The molecule has 3 rings (SSSR count). The number of carbonyl (C=O) groups excluding carboxylic acids is 1. The summed E-state index contributed by atoms with van der Waals surface area (Å²) in [6.07, 6.45) is 0. The Bertz CT molecular complexity index is 976. The number of hydrogen-bond donors (Lipinski definition) is 1. The molecule has 2 aromatic carbocycles. The van der Waals surface area contributed by atoms with Crippen molar-refractivity contribution in [2.75, 3.05) is 12.4 Å². The van der Waals surface area contributed by atoms with Crippen LogP contribution in [0.4, 0.5) is 10.1 Å². The first kappa shape index (κ1) is 19.9. The molecule has 1 aromatic heterocycles. The predicted molar refractivity (Wildman–Crippen MR) is 108 cm³/mol. The third-order valence-corrected chi connectivity index (χ3v) is 5.24. The van der Waals surface area contributed by atoms with Gasteiger partial charge in [-0.05, 0) is 38.1 Å². The number of amides is 1. The van der Waals surface area contributed by atoms with Gasteiger partial charge in [-0.25, -0.2) is 4.39 Å². The topological polar surface area (TPSA) is 69.0 Å². The van der Waals surface area contributed by atoms with Gasteiger partial charge < -0.3 is 14.6 Å². The van der Waals surface area contributed by atoms with Crippen LogP contribution in [0.25, 0.3) is 11.4 Å². The van der Waals surface area contributed by atoms with Gasteiger partial charge in [0.2, 0.25) is 5.91 Å². The van der Waals surface area contributed by atoms with Gasteiger partial charge in [-0.15, -0.1) is 10.2 Å². The summed E-state index contributed by atoms with van der Waals surface area (Å²) in [4.78, 5) is 12.5.